The van der Waals surface area contributed by atoms with E-state index in [0.29, 0.717) is 22.3 Å². The minimum absolute atomic E-state index is 0.00725. The molecule has 0 radical (unpaired) electrons. The fraction of sp³-hybridized carbons (Fsp3) is 0.304. The zero-order valence-electron chi connectivity index (χ0n) is 17.6. The van der Waals surface area contributed by atoms with Gasteiger partial charge in [0, 0.05) is 29.4 Å². The molecule has 162 valence electrons. The quantitative estimate of drug-likeness (QED) is 0.404. The summed E-state index contributed by atoms with van der Waals surface area (Å²) in [6, 6.07) is 12.9. The van der Waals surface area contributed by atoms with Crippen LogP contribution in [-0.4, -0.2) is 28.0 Å². The van der Waals surface area contributed by atoms with Crippen LogP contribution in [0.15, 0.2) is 57.2 Å². The monoisotopic (exact) mass is 484 g/mol. The molecule has 2 amide bonds. The molecule has 2 N–H and O–H groups in total. The molecule has 1 heterocycles. The number of carbonyl (C=O) groups excluding carboxylic acids is 2. The minimum atomic E-state index is -0.478. The Balaban J connectivity index is 1.69. The van der Waals surface area contributed by atoms with E-state index in [1.807, 2.05) is 31.2 Å². The van der Waals surface area contributed by atoms with Gasteiger partial charge in [-0.15, -0.1) is 10.2 Å². The van der Waals surface area contributed by atoms with Crippen LogP contribution < -0.4 is 5.32 Å². The van der Waals surface area contributed by atoms with Gasteiger partial charge in [-0.05, 0) is 53.5 Å². The average Bonchev–Trinajstić information content (AvgIpc) is 3.00. The molecular weight excluding hydrogens is 460 g/mol. The lowest BCUT2D eigenvalue weighted by Crippen LogP contribution is -2.26. The average molecular weight is 485 g/mol. The van der Waals surface area contributed by atoms with Crippen molar-refractivity contribution in [2.75, 3.05) is 6.54 Å². The van der Waals surface area contributed by atoms with Gasteiger partial charge in [0.15, 0.2) is 5.69 Å². The maximum Gasteiger partial charge on any atom is 0.266 e. The molecule has 0 spiro atoms. The Hall–Kier alpha value is -3.00. The number of carbonyl (C=O) groups is 2. The first-order chi connectivity index (χ1) is 14.9. The molecule has 3 aromatic rings. The Morgan fingerprint density at radius 1 is 1.19 bits per heavy atom. The fourth-order valence-corrected chi connectivity index (χ4v) is 3.72. The van der Waals surface area contributed by atoms with E-state index in [-0.39, 0.29) is 24.8 Å². The topological polar surface area (TPSA) is 96.0 Å². The highest BCUT2D eigenvalue weighted by atomic mass is 79.9. The molecule has 0 aliphatic heterocycles. The minimum Gasteiger partial charge on any atom is -0.493 e. The number of nitrogens with zero attached hydrogens (tertiary/aromatic N) is 3. The SMILES string of the molecule is CCCCn1c(O)c(N=NC(=O)CCNC(=O)c2ccccc2Br)c2cc(C)ccc21. The smallest absolute Gasteiger partial charge is 0.266 e. The van der Waals surface area contributed by atoms with Crippen LogP contribution in [0.5, 0.6) is 5.88 Å². The van der Waals surface area contributed by atoms with Crippen molar-refractivity contribution in [1.82, 2.24) is 9.88 Å². The molecule has 2 aromatic carbocycles. The number of unbranched alkanes of at least 4 members (excludes halogenated alkanes) is 1. The third kappa shape index (κ3) is 5.38. The summed E-state index contributed by atoms with van der Waals surface area (Å²) in [4.78, 5) is 24.4. The molecule has 0 saturated carbocycles. The van der Waals surface area contributed by atoms with Crippen LogP contribution >= 0.6 is 15.9 Å². The van der Waals surface area contributed by atoms with Gasteiger partial charge in [0.1, 0.15) is 0 Å². The summed E-state index contributed by atoms with van der Waals surface area (Å²) in [5.74, 6) is -0.744. The van der Waals surface area contributed by atoms with Crippen molar-refractivity contribution in [2.45, 2.75) is 39.7 Å². The summed E-state index contributed by atoms with van der Waals surface area (Å²) >= 11 is 3.33. The Bertz CT molecular complexity index is 1140. The predicted molar refractivity (Wildman–Crippen MR) is 124 cm³/mol. The Morgan fingerprint density at radius 2 is 1.97 bits per heavy atom. The Kier molecular flexibility index (Phi) is 7.57. The zero-order valence-corrected chi connectivity index (χ0v) is 19.1. The number of rotatable bonds is 8. The summed E-state index contributed by atoms with van der Waals surface area (Å²) in [6.45, 7) is 4.84. The van der Waals surface area contributed by atoms with E-state index >= 15 is 0 Å². The van der Waals surface area contributed by atoms with E-state index < -0.39 is 5.91 Å². The lowest BCUT2D eigenvalue weighted by Gasteiger charge is -2.05. The molecule has 0 fully saturated rings. The molecule has 31 heavy (non-hydrogen) atoms. The number of amides is 2. The first kappa shape index (κ1) is 22.7. The second kappa shape index (κ2) is 10.3. The molecule has 0 unspecified atom stereocenters. The van der Waals surface area contributed by atoms with E-state index in [0.717, 1.165) is 29.3 Å². The van der Waals surface area contributed by atoms with Crippen LogP contribution in [0.1, 0.15) is 42.1 Å². The first-order valence-electron chi connectivity index (χ1n) is 10.2. The van der Waals surface area contributed by atoms with E-state index in [1.165, 1.54) is 0 Å². The van der Waals surface area contributed by atoms with Crippen LogP contribution in [0.4, 0.5) is 5.69 Å². The number of aromatic nitrogens is 1. The third-order valence-corrected chi connectivity index (χ3v) is 5.60. The standard InChI is InChI=1S/C23H25BrN4O3/c1-3-4-13-28-19-10-9-15(2)14-17(19)21(23(28)31)27-26-20(29)11-12-25-22(30)16-7-5-6-8-18(16)24/h5-10,14,31H,3-4,11-13H2,1-2H3,(H,25,30). The number of halogens is 1. The molecule has 0 atom stereocenters. The number of aromatic hydroxyl groups is 1. The van der Waals surface area contributed by atoms with Gasteiger partial charge < -0.3 is 15.0 Å². The summed E-state index contributed by atoms with van der Waals surface area (Å²) in [5, 5.41) is 22.0. The highest BCUT2D eigenvalue weighted by Gasteiger charge is 2.17. The van der Waals surface area contributed by atoms with Crippen molar-refractivity contribution in [3.63, 3.8) is 0 Å². The summed E-state index contributed by atoms with van der Waals surface area (Å²) in [5.41, 5.74) is 2.67. The van der Waals surface area contributed by atoms with Crippen molar-refractivity contribution in [3.05, 3.63) is 58.1 Å². The van der Waals surface area contributed by atoms with Gasteiger partial charge in [0.05, 0.1) is 11.1 Å². The zero-order chi connectivity index (χ0) is 22.4. The van der Waals surface area contributed by atoms with Gasteiger partial charge in [-0.2, -0.15) is 0 Å². The summed E-state index contributed by atoms with van der Waals surface area (Å²) in [6.07, 6.45) is 1.91. The van der Waals surface area contributed by atoms with Gasteiger partial charge in [-0.3, -0.25) is 9.59 Å². The molecule has 8 heteroatoms. The van der Waals surface area contributed by atoms with E-state index in [2.05, 4.69) is 38.4 Å². The predicted octanol–water partition coefficient (Wildman–Crippen LogP) is 5.65. The van der Waals surface area contributed by atoms with Crippen molar-refractivity contribution in [1.29, 1.82) is 0 Å². The molecule has 0 aliphatic carbocycles. The lowest BCUT2D eigenvalue weighted by molar-refractivity contribution is -0.118. The van der Waals surface area contributed by atoms with Crippen molar-refractivity contribution in [2.24, 2.45) is 10.2 Å². The van der Waals surface area contributed by atoms with Crippen LogP contribution in [0.2, 0.25) is 0 Å². The molecule has 3 rings (SSSR count). The first-order valence-corrected chi connectivity index (χ1v) is 11.0. The second-order valence-electron chi connectivity index (χ2n) is 7.28. The van der Waals surface area contributed by atoms with Crippen LogP contribution in [0, 0.1) is 6.92 Å². The largest absolute Gasteiger partial charge is 0.493 e. The number of benzene rings is 2. The van der Waals surface area contributed by atoms with Crippen molar-refractivity contribution < 1.29 is 14.7 Å². The Morgan fingerprint density at radius 3 is 2.71 bits per heavy atom. The number of nitrogens with one attached hydrogen (secondary N) is 1. The molecule has 0 saturated heterocycles. The van der Waals surface area contributed by atoms with Crippen LogP contribution in [0.3, 0.4) is 0 Å². The third-order valence-electron chi connectivity index (χ3n) is 4.91. The van der Waals surface area contributed by atoms with Gasteiger partial charge >= 0.3 is 0 Å². The van der Waals surface area contributed by atoms with Crippen LogP contribution in [0.25, 0.3) is 10.9 Å². The van der Waals surface area contributed by atoms with E-state index in [4.69, 9.17) is 0 Å². The fourth-order valence-electron chi connectivity index (χ4n) is 3.26. The molecule has 0 bridgehead atoms. The lowest BCUT2D eigenvalue weighted by atomic mass is 10.1. The molecular formula is C23H25BrN4O3. The molecule has 1 aromatic heterocycles. The summed E-state index contributed by atoms with van der Waals surface area (Å²) in [7, 11) is 0. The summed E-state index contributed by atoms with van der Waals surface area (Å²) < 4.78 is 2.48. The number of aryl methyl sites for hydroxylation is 2. The maximum atomic E-state index is 12.2. The van der Waals surface area contributed by atoms with E-state index in [9.17, 15) is 14.7 Å². The number of hydrogen-bond acceptors (Lipinski definition) is 4. The van der Waals surface area contributed by atoms with Gasteiger partial charge in [0.2, 0.25) is 5.88 Å². The van der Waals surface area contributed by atoms with Crippen molar-refractivity contribution in [3.8, 4) is 5.88 Å². The number of hydrogen-bond donors (Lipinski definition) is 2. The van der Waals surface area contributed by atoms with Gasteiger partial charge in [0.25, 0.3) is 11.8 Å². The normalized spacial score (nSPS) is 11.3. The van der Waals surface area contributed by atoms with Gasteiger partial charge in [-0.1, -0.05) is 37.1 Å². The number of azo groups is 1. The number of fused-ring (bicyclic) bond motifs is 1. The van der Waals surface area contributed by atoms with E-state index in [1.54, 1.807) is 22.8 Å². The van der Waals surface area contributed by atoms with Crippen molar-refractivity contribution >= 4 is 44.3 Å². The molecule has 0 aliphatic rings. The Labute approximate surface area is 189 Å². The maximum absolute atomic E-state index is 12.2. The molecule has 7 nitrogen and oxygen atoms in total. The highest BCUT2D eigenvalue weighted by molar-refractivity contribution is 9.10. The second-order valence-corrected chi connectivity index (χ2v) is 8.13. The van der Waals surface area contributed by atoms with Gasteiger partial charge in [-0.25, -0.2) is 0 Å². The van der Waals surface area contributed by atoms with Crippen LogP contribution in [-0.2, 0) is 11.3 Å². The highest BCUT2D eigenvalue weighted by Crippen LogP contribution is 2.39.